The highest BCUT2D eigenvalue weighted by molar-refractivity contribution is 5.71. The van der Waals surface area contributed by atoms with E-state index in [4.69, 9.17) is 14.2 Å². The smallest absolute Gasteiger partial charge is 0.306 e. The summed E-state index contributed by atoms with van der Waals surface area (Å²) in [5.41, 5.74) is 0. The van der Waals surface area contributed by atoms with Gasteiger partial charge in [-0.15, -0.1) is 0 Å². The summed E-state index contributed by atoms with van der Waals surface area (Å²) in [5, 5.41) is 0. The van der Waals surface area contributed by atoms with E-state index in [2.05, 4.69) is 57.2 Å². The molecule has 0 heterocycles. The molecule has 6 heteroatoms. The highest BCUT2D eigenvalue weighted by Crippen LogP contribution is 2.19. The number of hydrogen-bond acceptors (Lipinski definition) is 6. The van der Waals surface area contributed by atoms with Crippen molar-refractivity contribution in [2.75, 3.05) is 13.2 Å². The fourth-order valence-electron chi connectivity index (χ4n) is 10.9. The summed E-state index contributed by atoms with van der Waals surface area (Å²) >= 11 is 0. The molecule has 0 saturated heterocycles. The summed E-state index contributed by atoms with van der Waals surface area (Å²) in [5.74, 6) is -0.866. The maximum absolute atomic E-state index is 12.9. The van der Waals surface area contributed by atoms with Crippen LogP contribution in [0.5, 0.6) is 0 Å². The van der Waals surface area contributed by atoms with Gasteiger partial charge in [0.05, 0.1) is 0 Å². The number of carbonyl (C=O) groups excluding carboxylic acids is 3. The molecule has 0 bridgehead atoms. The average molecular weight is 1120 g/mol. The lowest BCUT2D eigenvalue weighted by atomic mass is 10.0. The van der Waals surface area contributed by atoms with Gasteiger partial charge in [0.1, 0.15) is 13.2 Å². The molecule has 80 heavy (non-hydrogen) atoms. The minimum atomic E-state index is -0.778. The van der Waals surface area contributed by atoms with Crippen molar-refractivity contribution in [3.8, 4) is 0 Å². The van der Waals surface area contributed by atoms with Crippen molar-refractivity contribution in [2.24, 2.45) is 0 Å². The van der Waals surface area contributed by atoms with Crippen LogP contribution < -0.4 is 0 Å². The number of ether oxygens (including phenoxy) is 3. The zero-order chi connectivity index (χ0) is 57.8. The Morgan fingerprint density at radius 2 is 0.450 bits per heavy atom. The fourth-order valence-corrected chi connectivity index (χ4v) is 10.9. The highest BCUT2D eigenvalue weighted by Gasteiger charge is 2.19. The van der Waals surface area contributed by atoms with Gasteiger partial charge in [0.2, 0.25) is 0 Å². The van der Waals surface area contributed by atoms with Gasteiger partial charge in [-0.05, 0) is 77.0 Å². The van der Waals surface area contributed by atoms with Crippen LogP contribution in [0, 0.1) is 0 Å². The Balaban J connectivity index is 4.10. The van der Waals surface area contributed by atoms with Crippen molar-refractivity contribution in [3.05, 3.63) is 36.5 Å². The maximum atomic E-state index is 12.9. The van der Waals surface area contributed by atoms with Crippen LogP contribution in [-0.2, 0) is 28.6 Å². The van der Waals surface area contributed by atoms with Crippen molar-refractivity contribution in [1.29, 1.82) is 0 Å². The summed E-state index contributed by atoms with van der Waals surface area (Å²) in [6, 6.07) is 0. The standard InChI is InChI=1S/C74H138O6/c1-4-7-10-13-16-19-22-25-27-29-31-32-33-34-35-36-37-38-39-40-41-42-43-44-46-47-49-52-55-58-61-64-67-73(76)79-70-71(69-78-72(75)66-63-60-57-54-51-24-21-18-15-12-9-6-3)80-74(77)68-65-62-59-56-53-50-48-45-30-28-26-23-20-17-14-11-8-5-2/h18,20-21,23,28,30,71H,4-17,19,22,24-27,29,31-70H2,1-3H3/b21-18-,23-20-,30-28-. The molecule has 0 aromatic carbocycles. The molecule has 0 aliphatic rings. The first-order valence-corrected chi connectivity index (χ1v) is 36.0. The third-order valence-electron chi connectivity index (χ3n) is 16.4. The lowest BCUT2D eigenvalue weighted by Gasteiger charge is -2.18. The first kappa shape index (κ1) is 77.6. The number of rotatable bonds is 67. The highest BCUT2D eigenvalue weighted by atomic mass is 16.6. The second-order valence-electron chi connectivity index (χ2n) is 24.5. The van der Waals surface area contributed by atoms with Crippen molar-refractivity contribution in [2.45, 2.75) is 406 Å². The predicted octanol–water partition coefficient (Wildman–Crippen LogP) is 24.7. The first-order chi connectivity index (χ1) is 39.5. The van der Waals surface area contributed by atoms with Gasteiger partial charge >= 0.3 is 17.9 Å². The molecule has 0 aliphatic carbocycles. The molecule has 1 unspecified atom stereocenters. The Bertz CT molecular complexity index is 1340. The Morgan fingerprint density at radius 3 is 0.738 bits per heavy atom. The normalized spacial score (nSPS) is 12.2. The second-order valence-corrected chi connectivity index (χ2v) is 24.5. The molecule has 0 aliphatic heterocycles. The Kier molecular flexibility index (Phi) is 67.1. The van der Waals surface area contributed by atoms with E-state index in [1.807, 2.05) is 0 Å². The monoisotopic (exact) mass is 1120 g/mol. The van der Waals surface area contributed by atoms with Gasteiger partial charge in [0, 0.05) is 19.3 Å². The molecule has 0 saturated carbocycles. The summed E-state index contributed by atoms with van der Waals surface area (Å²) in [7, 11) is 0. The van der Waals surface area contributed by atoms with Crippen molar-refractivity contribution >= 4 is 17.9 Å². The van der Waals surface area contributed by atoms with E-state index in [0.717, 1.165) is 77.0 Å². The topological polar surface area (TPSA) is 78.9 Å². The van der Waals surface area contributed by atoms with Crippen LogP contribution in [0.2, 0.25) is 0 Å². The summed E-state index contributed by atoms with van der Waals surface area (Å²) in [4.78, 5) is 38.3. The fraction of sp³-hybridized carbons (Fsp3) is 0.878. The number of allylic oxidation sites excluding steroid dienone is 6. The van der Waals surface area contributed by atoms with Crippen molar-refractivity contribution < 1.29 is 28.6 Å². The van der Waals surface area contributed by atoms with Gasteiger partial charge in [-0.1, -0.05) is 340 Å². The zero-order valence-electron chi connectivity index (χ0n) is 54.1. The summed E-state index contributed by atoms with van der Waals surface area (Å²) in [6.45, 7) is 6.65. The molecule has 0 aromatic heterocycles. The average Bonchev–Trinajstić information content (AvgIpc) is 3.46. The molecule has 0 rings (SSSR count). The number of hydrogen-bond donors (Lipinski definition) is 0. The van der Waals surface area contributed by atoms with Gasteiger partial charge in [-0.25, -0.2) is 0 Å². The van der Waals surface area contributed by atoms with E-state index in [1.54, 1.807) is 0 Å². The summed E-state index contributed by atoms with van der Waals surface area (Å²) in [6.07, 6.45) is 86.3. The predicted molar refractivity (Wildman–Crippen MR) is 349 cm³/mol. The van der Waals surface area contributed by atoms with Crippen LogP contribution >= 0.6 is 0 Å². The Morgan fingerprint density at radius 1 is 0.250 bits per heavy atom. The Hall–Kier alpha value is -2.37. The van der Waals surface area contributed by atoms with E-state index >= 15 is 0 Å². The number of carbonyl (C=O) groups is 3. The van der Waals surface area contributed by atoms with Gasteiger partial charge < -0.3 is 14.2 Å². The molecule has 1 atom stereocenters. The zero-order valence-corrected chi connectivity index (χ0v) is 54.1. The Labute approximate surface area is 499 Å². The molecular weight excluding hydrogens is 985 g/mol. The van der Waals surface area contributed by atoms with Gasteiger partial charge in [-0.2, -0.15) is 0 Å². The van der Waals surface area contributed by atoms with Crippen LogP contribution in [0.1, 0.15) is 400 Å². The van der Waals surface area contributed by atoms with Gasteiger partial charge in [-0.3, -0.25) is 14.4 Å². The van der Waals surface area contributed by atoms with Crippen LogP contribution in [0.4, 0.5) is 0 Å². The van der Waals surface area contributed by atoms with Gasteiger partial charge in [0.15, 0.2) is 6.10 Å². The minimum absolute atomic E-state index is 0.0739. The van der Waals surface area contributed by atoms with Crippen LogP contribution in [0.25, 0.3) is 0 Å². The van der Waals surface area contributed by atoms with Crippen molar-refractivity contribution in [1.82, 2.24) is 0 Å². The quantitative estimate of drug-likeness (QED) is 0.0261. The molecular formula is C74H138O6. The van der Waals surface area contributed by atoms with E-state index in [-0.39, 0.29) is 31.1 Å². The van der Waals surface area contributed by atoms with E-state index < -0.39 is 6.10 Å². The minimum Gasteiger partial charge on any atom is -0.462 e. The van der Waals surface area contributed by atoms with Crippen LogP contribution in [-0.4, -0.2) is 37.2 Å². The molecule has 0 fully saturated rings. The maximum Gasteiger partial charge on any atom is 0.306 e. The van der Waals surface area contributed by atoms with E-state index in [0.29, 0.717) is 19.3 Å². The molecule has 0 radical (unpaired) electrons. The molecule has 0 spiro atoms. The molecule has 0 N–H and O–H groups in total. The number of unbranched alkanes of at least 4 members (excludes halogenated alkanes) is 50. The molecule has 0 amide bonds. The lowest BCUT2D eigenvalue weighted by Crippen LogP contribution is -2.30. The van der Waals surface area contributed by atoms with E-state index in [1.165, 1.54) is 283 Å². The lowest BCUT2D eigenvalue weighted by molar-refractivity contribution is -0.167. The summed E-state index contributed by atoms with van der Waals surface area (Å²) < 4.78 is 16.9. The third-order valence-corrected chi connectivity index (χ3v) is 16.4. The second kappa shape index (κ2) is 69.1. The van der Waals surface area contributed by atoms with Gasteiger partial charge in [0.25, 0.3) is 0 Å². The SMILES string of the molecule is CCCCC/C=C\CCCCCCCC(=O)OCC(COC(=O)CCCCCCCCCCCCCCCCCCCCCCCCCCCCCCCCCC)OC(=O)CCCCCCCCC/C=C\C/C=C\CCCCCC. The molecule has 0 aromatic rings. The van der Waals surface area contributed by atoms with Crippen molar-refractivity contribution in [3.63, 3.8) is 0 Å². The molecule has 6 nitrogen and oxygen atoms in total. The number of esters is 3. The molecule has 470 valence electrons. The third kappa shape index (κ3) is 66.4. The largest absolute Gasteiger partial charge is 0.462 e. The van der Waals surface area contributed by atoms with Crippen LogP contribution in [0.15, 0.2) is 36.5 Å². The van der Waals surface area contributed by atoms with Crippen LogP contribution in [0.3, 0.4) is 0 Å². The van der Waals surface area contributed by atoms with E-state index in [9.17, 15) is 14.4 Å². The first-order valence-electron chi connectivity index (χ1n) is 36.0.